The molecule has 2 aliphatic heterocycles. The number of carbonyl (C=O) groups excluding carboxylic acids is 3. The number of fused-ring (bicyclic) bond motifs is 1. The quantitative estimate of drug-likeness (QED) is 0.126. The Hall–Kier alpha value is -4.80. The van der Waals surface area contributed by atoms with Crippen molar-refractivity contribution in [2.75, 3.05) is 26.6 Å². The van der Waals surface area contributed by atoms with Crippen LogP contribution in [-0.2, 0) is 48.7 Å². The highest BCUT2D eigenvalue weighted by Crippen LogP contribution is 2.41. The summed E-state index contributed by atoms with van der Waals surface area (Å²) in [7, 11) is 4.41. The molecular weight excluding hydrogens is 596 g/mol. The molecule has 0 aliphatic carbocycles. The molecule has 3 aromatic rings. The molecule has 2 aliphatic rings. The maximum absolute atomic E-state index is 13.7. The highest BCUT2D eigenvalue weighted by molar-refractivity contribution is 7.99. The van der Waals surface area contributed by atoms with Gasteiger partial charge in [0.05, 0.1) is 25.7 Å². The van der Waals surface area contributed by atoms with Gasteiger partial charge < -0.3 is 29.4 Å². The van der Waals surface area contributed by atoms with Crippen LogP contribution in [0.4, 0.5) is 0 Å². The molecule has 1 fully saturated rings. The number of esters is 1. The first kappa shape index (κ1) is 30.7. The normalized spacial score (nSPS) is 19.2. The second-order valence-corrected chi connectivity index (χ2v) is 10.7. The molecule has 2 atom stereocenters. The third kappa shape index (κ3) is 5.86. The van der Waals surface area contributed by atoms with E-state index in [1.807, 2.05) is 0 Å². The van der Waals surface area contributed by atoms with Gasteiger partial charge in [-0.05, 0) is 39.8 Å². The fraction of sp³-hybridized carbons (Fsp3) is 0.321. The van der Waals surface area contributed by atoms with E-state index in [4.69, 9.17) is 24.1 Å². The Kier molecular flexibility index (Phi) is 8.93. The van der Waals surface area contributed by atoms with Crippen molar-refractivity contribution < 1.29 is 43.2 Å². The van der Waals surface area contributed by atoms with Gasteiger partial charge in [-0.1, -0.05) is 42.1 Å². The number of tetrazole rings is 1. The monoisotopic (exact) mass is 624 g/mol. The fourth-order valence-corrected chi connectivity index (χ4v) is 5.61. The van der Waals surface area contributed by atoms with Gasteiger partial charge in [-0.25, -0.2) is 14.3 Å². The zero-order chi connectivity index (χ0) is 31.4. The Morgan fingerprint density at radius 3 is 2.57 bits per heavy atom. The number of nitrogens with one attached hydrogen (secondary N) is 1. The summed E-state index contributed by atoms with van der Waals surface area (Å²) in [4.78, 5) is 52.6. The van der Waals surface area contributed by atoms with Crippen molar-refractivity contribution in [3.8, 4) is 5.75 Å². The molecule has 2 N–H and O–H groups in total. The Labute approximate surface area is 255 Å². The van der Waals surface area contributed by atoms with E-state index in [-0.39, 0.29) is 36.6 Å². The number of aromatic carboxylic acids is 1. The molecule has 0 radical (unpaired) electrons. The smallest absolute Gasteiger partial charge is 0.355 e. The number of amides is 2. The SMILES string of the molecule is COc1ccccc1CC(=O)N[C@]1(OC)C(=O)N2C(C(=O)OCc3ccc(C(=O)O)cc3)=C(CSc3nnnn3C)CO[C@@H]21. The summed E-state index contributed by atoms with van der Waals surface area (Å²) in [5.41, 5.74) is -0.281. The lowest BCUT2D eigenvalue weighted by molar-refractivity contribution is -0.258. The average molecular weight is 625 g/mol. The standard InChI is InChI=1S/C28H28N6O9S/c1-33-27(30-31-32-33)44-15-19-14-43-26-28(41-3,29-21(35)12-18-6-4-5-7-20(18)40-2)25(39)34(26)22(19)24(38)42-13-16-8-10-17(11-9-16)23(36)37/h4-11,26H,12-15H2,1-3H3,(H,29,35)(H,36,37)/t26-,28+/m1/s1. The number of carboxylic acid groups (broad SMARTS) is 1. The molecule has 0 unspecified atom stereocenters. The van der Waals surface area contributed by atoms with Crippen LogP contribution >= 0.6 is 11.8 Å². The van der Waals surface area contributed by atoms with Crippen LogP contribution < -0.4 is 10.1 Å². The number of nitrogens with zero attached hydrogens (tertiary/aromatic N) is 5. The Bertz CT molecular complexity index is 1630. The van der Waals surface area contributed by atoms with Crippen LogP contribution in [0.3, 0.4) is 0 Å². The molecule has 230 valence electrons. The first-order valence-electron chi connectivity index (χ1n) is 13.2. The highest BCUT2D eigenvalue weighted by Gasteiger charge is 2.67. The van der Waals surface area contributed by atoms with Crippen molar-refractivity contribution in [3.63, 3.8) is 0 Å². The molecule has 0 bridgehead atoms. The van der Waals surface area contributed by atoms with E-state index < -0.39 is 35.7 Å². The van der Waals surface area contributed by atoms with Gasteiger partial charge in [-0.3, -0.25) is 14.5 Å². The van der Waals surface area contributed by atoms with Crippen molar-refractivity contribution in [2.24, 2.45) is 7.05 Å². The number of thioether (sulfide) groups is 1. The van der Waals surface area contributed by atoms with Crippen LogP contribution in [0.25, 0.3) is 0 Å². The van der Waals surface area contributed by atoms with E-state index in [1.165, 1.54) is 54.9 Å². The van der Waals surface area contributed by atoms with Crippen LogP contribution in [-0.4, -0.2) is 92.5 Å². The van der Waals surface area contributed by atoms with Crippen LogP contribution in [0.5, 0.6) is 5.75 Å². The van der Waals surface area contributed by atoms with Crippen molar-refractivity contribution in [1.82, 2.24) is 30.4 Å². The third-order valence-electron chi connectivity index (χ3n) is 7.02. The summed E-state index contributed by atoms with van der Waals surface area (Å²) < 4.78 is 23.9. The second-order valence-electron chi connectivity index (χ2n) is 9.72. The summed E-state index contributed by atoms with van der Waals surface area (Å²) >= 11 is 1.22. The lowest BCUT2D eigenvalue weighted by atomic mass is 9.94. The van der Waals surface area contributed by atoms with E-state index in [1.54, 1.807) is 31.3 Å². The molecular formula is C28H28N6O9S. The van der Waals surface area contributed by atoms with Crippen molar-refractivity contribution in [1.29, 1.82) is 0 Å². The number of para-hydroxylation sites is 1. The molecule has 1 aromatic heterocycles. The van der Waals surface area contributed by atoms with Gasteiger partial charge >= 0.3 is 11.9 Å². The number of aromatic nitrogens is 4. The number of carboxylic acids is 1. The minimum Gasteiger partial charge on any atom is -0.496 e. The van der Waals surface area contributed by atoms with Crippen molar-refractivity contribution in [3.05, 3.63) is 76.5 Å². The zero-order valence-electron chi connectivity index (χ0n) is 23.9. The molecule has 2 aromatic carbocycles. The Morgan fingerprint density at radius 1 is 1.16 bits per heavy atom. The molecule has 44 heavy (non-hydrogen) atoms. The van der Waals surface area contributed by atoms with Gasteiger partial charge in [0.1, 0.15) is 18.1 Å². The number of hydrogen-bond acceptors (Lipinski definition) is 12. The zero-order valence-corrected chi connectivity index (χ0v) is 24.7. The maximum Gasteiger partial charge on any atom is 0.355 e. The van der Waals surface area contributed by atoms with E-state index in [0.717, 1.165) is 4.90 Å². The second kappa shape index (κ2) is 12.8. The first-order chi connectivity index (χ1) is 21.2. The molecule has 16 heteroatoms. The molecule has 0 spiro atoms. The Morgan fingerprint density at radius 2 is 1.91 bits per heavy atom. The number of hydrogen-bond donors (Lipinski definition) is 2. The van der Waals surface area contributed by atoms with Crippen LogP contribution in [0.15, 0.2) is 65.0 Å². The topological polar surface area (TPSA) is 184 Å². The van der Waals surface area contributed by atoms with E-state index in [9.17, 15) is 19.2 Å². The first-order valence-corrected chi connectivity index (χ1v) is 14.2. The van der Waals surface area contributed by atoms with Gasteiger partial charge in [0.25, 0.3) is 11.6 Å². The van der Waals surface area contributed by atoms with Crippen LogP contribution in [0, 0.1) is 0 Å². The number of carbonyl (C=O) groups is 4. The van der Waals surface area contributed by atoms with Gasteiger partial charge in [0.15, 0.2) is 6.23 Å². The van der Waals surface area contributed by atoms with Crippen molar-refractivity contribution >= 4 is 35.5 Å². The summed E-state index contributed by atoms with van der Waals surface area (Å²) in [5, 5.41) is 23.6. The van der Waals surface area contributed by atoms with Gasteiger partial charge in [-0.2, -0.15) is 0 Å². The lowest BCUT2D eigenvalue weighted by Gasteiger charge is -2.55. The molecule has 5 rings (SSSR count). The fourth-order valence-electron chi connectivity index (χ4n) is 4.77. The molecule has 3 heterocycles. The van der Waals surface area contributed by atoms with Gasteiger partial charge in [0, 0.05) is 25.5 Å². The predicted octanol–water partition coefficient (Wildman–Crippen LogP) is 0.907. The summed E-state index contributed by atoms with van der Waals surface area (Å²) in [6.45, 7) is -0.271. The Balaban J connectivity index is 1.37. The number of aryl methyl sites for hydroxylation is 1. The van der Waals surface area contributed by atoms with Crippen molar-refractivity contribution in [2.45, 2.75) is 30.1 Å². The third-order valence-corrected chi connectivity index (χ3v) is 8.12. The molecule has 15 nitrogen and oxygen atoms in total. The number of ether oxygens (including phenoxy) is 4. The summed E-state index contributed by atoms with van der Waals surface area (Å²) in [6, 6.07) is 12.8. The summed E-state index contributed by atoms with van der Waals surface area (Å²) in [5.74, 6) is -2.45. The predicted molar refractivity (Wildman–Crippen MR) is 151 cm³/mol. The minimum absolute atomic E-state index is 0.0531. The summed E-state index contributed by atoms with van der Waals surface area (Å²) in [6.07, 6.45) is -1.27. The lowest BCUT2D eigenvalue weighted by Crippen LogP contribution is -2.82. The highest BCUT2D eigenvalue weighted by atomic mass is 32.2. The number of rotatable bonds is 12. The van der Waals surface area contributed by atoms with Gasteiger partial charge in [-0.15, -0.1) is 5.10 Å². The largest absolute Gasteiger partial charge is 0.496 e. The van der Waals surface area contributed by atoms with E-state index in [0.29, 0.717) is 27.6 Å². The van der Waals surface area contributed by atoms with Crippen LogP contribution in [0.1, 0.15) is 21.5 Å². The molecule has 2 amide bonds. The van der Waals surface area contributed by atoms with Crippen LogP contribution in [0.2, 0.25) is 0 Å². The van der Waals surface area contributed by atoms with Gasteiger partial charge in [0.2, 0.25) is 11.1 Å². The number of methoxy groups -OCH3 is 2. The average Bonchev–Trinajstić information content (AvgIpc) is 3.45. The van der Waals surface area contributed by atoms with E-state index >= 15 is 0 Å². The number of benzene rings is 2. The maximum atomic E-state index is 13.7. The minimum atomic E-state index is -1.89. The molecule has 0 saturated carbocycles. The number of β-lactam (4-membered cyclic amide) rings is 1. The molecule has 1 saturated heterocycles. The van der Waals surface area contributed by atoms with E-state index in [2.05, 4.69) is 20.8 Å².